The molecule has 1 heterocycles. The second-order valence-electron chi connectivity index (χ2n) is 3.93. The number of rotatable bonds is 5. The molecule has 18 heavy (non-hydrogen) atoms. The summed E-state index contributed by atoms with van der Waals surface area (Å²) < 4.78 is 40.3. The highest BCUT2D eigenvalue weighted by molar-refractivity contribution is 5.23. The van der Waals surface area contributed by atoms with Gasteiger partial charge in [0, 0.05) is 23.5 Å². The molecule has 0 aliphatic rings. The number of ether oxygens (including phenoxy) is 1. The predicted molar refractivity (Wildman–Crippen MR) is 60.0 cm³/mol. The van der Waals surface area contributed by atoms with Gasteiger partial charge in [0.25, 0.3) is 0 Å². The van der Waals surface area contributed by atoms with Crippen LogP contribution in [-0.2, 0) is 17.9 Å². The Labute approximate surface area is 104 Å². The van der Waals surface area contributed by atoms with Crippen LogP contribution in [0.15, 0.2) is 0 Å². The smallest absolute Gasteiger partial charge is 0.364 e. The van der Waals surface area contributed by atoms with Crippen LogP contribution in [0.1, 0.15) is 22.8 Å². The van der Waals surface area contributed by atoms with Crippen molar-refractivity contribution in [3.63, 3.8) is 0 Å². The Morgan fingerprint density at radius 2 is 1.72 bits per heavy atom. The summed E-state index contributed by atoms with van der Waals surface area (Å²) in [5.41, 5.74) is 2.46. The van der Waals surface area contributed by atoms with Crippen molar-refractivity contribution in [2.24, 2.45) is 0 Å². The standard InChI is InChI=1S/C11H16F3N3O/c1-7-9(4-15-3)8(2)17-10(16-7)5-18-6-11(12,13)14/h15H,4-6H2,1-3H3. The van der Waals surface area contributed by atoms with Crippen LogP contribution in [0.4, 0.5) is 13.2 Å². The summed E-state index contributed by atoms with van der Waals surface area (Å²) in [6.45, 7) is 2.71. The zero-order valence-corrected chi connectivity index (χ0v) is 10.6. The first-order valence-electron chi connectivity index (χ1n) is 5.45. The van der Waals surface area contributed by atoms with Gasteiger partial charge in [0.1, 0.15) is 13.2 Å². The molecule has 1 rings (SSSR count). The molecule has 0 saturated carbocycles. The summed E-state index contributed by atoms with van der Waals surface area (Å²) in [4.78, 5) is 8.26. The highest BCUT2D eigenvalue weighted by Crippen LogP contribution is 2.16. The van der Waals surface area contributed by atoms with E-state index < -0.39 is 12.8 Å². The number of aryl methyl sites for hydroxylation is 2. The van der Waals surface area contributed by atoms with Crippen molar-refractivity contribution >= 4 is 0 Å². The van der Waals surface area contributed by atoms with E-state index in [4.69, 9.17) is 0 Å². The summed E-state index contributed by atoms with van der Waals surface area (Å²) in [6, 6.07) is 0. The maximum absolute atomic E-state index is 11.9. The fraction of sp³-hybridized carbons (Fsp3) is 0.636. The van der Waals surface area contributed by atoms with E-state index in [1.807, 2.05) is 0 Å². The Kier molecular flexibility index (Phi) is 5.03. The molecule has 1 N–H and O–H groups in total. The molecular weight excluding hydrogens is 247 g/mol. The molecule has 102 valence electrons. The van der Waals surface area contributed by atoms with Crippen LogP contribution in [0.5, 0.6) is 0 Å². The molecule has 0 fully saturated rings. The summed E-state index contributed by atoms with van der Waals surface area (Å²) in [5, 5.41) is 2.99. The van der Waals surface area contributed by atoms with E-state index in [1.54, 1.807) is 20.9 Å². The molecule has 0 aliphatic carbocycles. The first-order chi connectivity index (χ1) is 8.33. The number of nitrogens with one attached hydrogen (secondary N) is 1. The van der Waals surface area contributed by atoms with Gasteiger partial charge in [-0.3, -0.25) is 0 Å². The van der Waals surface area contributed by atoms with Crippen LogP contribution in [0, 0.1) is 13.8 Å². The van der Waals surface area contributed by atoms with Crippen LogP contribution in [0.2, 0.25) is 0 Å². The van der Waals surface area contributed by atoms with Crippen molar-refractivity contribution in [1.29, 1.82) is 0 Å². The first-order valence-corrected chi connectivity index (χ1v) is 5.45. The van der Waals surface area contributed by atoms with Gasteiger partial charge in [-0.15, -0.1) is 0 Å². The number of nitrogens with zero attached hydrogens (tertiary/aromatic N) is 2. The van der Waals surface area contributed by atoms with E-state index in [2.05, 4.69) is 20.0 Å². The van der Waals surface area contributed by atoms with E-state index in [-0.39, 0.29) is 12.4 Å². The van der Waals surface area contributed by atoms with Crippen LogP contribution < -0.4 is 5.32 Å². The lowest BCUT2D eigenvalue weighted by molar-refractivity contribution is -0.177. The van der Waals surface area contributed by atoms with Crippen LogP contribution in [0.25, 0.3) is 0 Å². The van der Waals surface area contributed by atoms with Crippen molar-refractivity contribution in [3.05, 3.63) is 22.8 Å². The average molecular weight is 263 g/mol. The maximum atomic E-state index is 11.9. The van der Waals surface area contributed by atoms with Crippen molar-refractivity contribution in [2.45, 2.75) is 33.2 Å². The minimum absolute atomic E-state index is 0.235. The Bertz CT molecular complexity index is 384. The SMILES string of the molecule is CNCc1c(C)nc(COCC(F)(F)F)nc1C. The summed E-state index contributed by atoms with van der Waals surface area (Å²) in [5.74, 6) is 0.272. The fourth-order valence-corrected chi connectivity index (χ4v) is 1.56. The highest BCUT2D eigenvalue weighted by atomic mass is 19.4. The van der Waals surface area contributed by atoms with Gasteiger partial charge in [0.15, 0.2) is 5.82 Å². The molecule has 0 aliphatic heterocycles. The van der Waals surface area contributed by atoms with Crippen LogP contribution in [-0.4, -0.2) is 29.8 Å². The fourth-order valence-electron chi connectivity index (χ4n) is 1.56. The topological polar surface area (TPSA) is 47.0 Å². The number of aromatic nitrogens is 2. The molecule has 0 aromatic carbocycles. The monoisotopic (exact) mass is 263 g/mol. The van der Waals surface area contributed by atoms with Gasteiger partial charge < -0.3 is 10.1 Å². The third-order valence-corrected chi connectivity index (χ3v) is 2.32. The van der Waals surface area contributed by atoms with E-state index in [0.717, 1.165) is 17.0 Å². The first kappa shape index (κ1) is 14.8. The third kappa shape index (κ3) is 4.58. The Morgan fingerprint density at radius 1 is 1.17 bits per heavy atom. The predicted octanol–water partition coefficient (Wildman–Crippen LogP) is 1.89. The molecule has 4 nitrogen and oxygen atoms in total. The summed E-state index contributed by atoms with van der Waals surface area (Å²) in [7, 11) is 1.80. The number of alkyl halides is 3. The quantitative estimate of drug-likeness (QED) is 0.881. The van der Waals surface area contributed by atoms with Crippen LogP contribution in [0.3, 0.4) is 0 Å². The van der Waals surface area contributed by atoms with Gasteiger partial charge >= 0.3 is 6.18 Å². The summed E-state index contributed by atoms with van der Waals surface area (Å²) >= 11 is 0. The van der Waals surface area contributed by atoms with E-state index in [1.165, 1.54) is 0 Å². The van der Waals surface area contributed by atoms with E-state index >= 15 is 0 Å². The van der Waals surface area contributed by atoms with Gasteiger partial charge in [-0.1, -0.05) is 0 Å². The van der Waals surface area contributed by atoms with Crippen molar-refractivity contribution in [3.8, 4) is 0 Å². The molecule has 0 atom stereocenters. The Hall–Kier alpha value is -1.21. The molecule has 1 aromatic heterocycles. The normalized spacial score (nSPS) is 11.9. The second-order valence-corrected chi connectivity index (χ2v) is 3.93. The minimum atomic E-state index is -4.32. The van der Waals surface area contributed by atoms with Gasteiger partial charge in [0.05, 0.1) is 0 Å². The van der Waals surface area contributed by atoms with Gasteiger partial charge in [-0.25, -0.2) is 9.97 Å². The van der Waals surface area contributed by atoms with E-state index in [9.17, 15) is 13.2 Å². The second kappa shape index (κ2) is 6.10. The van der Waals surface area contributed by atoms with Gasteiger partial charge in [0.2, 0.25) is 0 Å². The lowest BCUT2D eigenvalue weighted by atomic mass is 10.1. The van der Waals surface area contributed by atoms with Crippen molar-refractivity contribution in [1.82, 2.24) is 15.3 Å². The van der Waals surface area contributed by atoms with Gasteiger partial charge in [-0.2, -0.15) is 13.2 Å². The summed E-state index contributed by atoms with van der Waals surface area (Å²) in [6.07, 6.45) is -4.32. The third-order valence-electron chi connectivity index (χ3n) is 2.32. The molecule has 1 aromatic rings. The van der Waals surface area contributed by atoms with Crippen molar-refractivity contribution in [2.75, 3.05) is 13.7 Å². The molecule has 7 heteroatoms. The molecule has 0 spiro atoms. The minimum Gasteiger partial charge on any atom is -0.364 e. The number of hydrogen-bond acceptors (Lipinski definition) is 4. The molecule has 0 radical (unpaired) electrons. The van der Waals surface area contributed by atoms with Crippen LogP contribution >= 0.6 is 0 Å². The maximum Gasteiger partial charge on any atom is 0.411 e. The Morgan fingerprint density at radius 3 is 2.17 bits per heavy atom. The molecular formula is C11H16F3N3O. The molecule has 0 bridgehead atoms. The van der Waals surface area contributed by atoms with Crippen molar-refractivity contribution < 1.29 is 17.9 Å². The zero-order valence-electron chi connectivity index (χ0n) is 10.6. The Balaban J connectivity index is 2.68. The number of hydrogen-bond donors (Lipinski definition) is 1. The lowest BCUT2D eigenvalue weighted by Crippen LogP contribution is -2.18. The largest absolute Gasteiger partial charge is 0.411 e. The number of halogens is 3. The van der Waals surface area contributed by atoms with E-state index in [0.29, 0.717) is 6.54 Å². The zero-order chi connectivity index (χ0) is 13.8. The molecule has 0 amide bonds. The highest BCUT2D eigenvalue weighted by Gasteiger charge is 2.27. The average Bonchev–Trinajstić information content (AvgIpc) is 2.21. The van der Waals surface area contributed by atoms with Gasteiger partial charge in [-0.05, 0) is 20.9 Å². The lowest BCUT2D eigenvalue weighted by Gasteiger charge is -2.11. The molecule has 0 saturated heterocycles. The molecule has 0 unspecified atom stereocenters.